The van der Waals surface area contributed by atoms with Crippen molar-refractivity contribution in [3.05, 3.63) is 10.2 Å². The van der Waals surface area contributed by atoms with Crippen LogP contribution in [0.5, 0.6) is 0 Å². The summed E-state index contributed by atoms with van der Waals surface area (Å²) in [7, 11) is 0. The molecule has 1 aliphatic rings. The molecule has 1 aliphatic heterocycles. The topological polar surface area (TPSA) is 45.1 Å². The van der Waals surface area contributed by atoms with E-state index in [-0.39, 0.29) is 0 Å². The molecule has 0 bridgehead atoms. The van der Waals surface area contributed by atoms with Crippen molar-refractivity contribution in [2.45, 2.75) is 0 Å². The van der Waals surface area contributed by atoms with Crippen LogP contribution in [0, 0.1) is 5.41 Å². The van der Waals surface area contributed by atoms with E-state index in [4.69, 9.17) is 10.1 Å². The maximum Gasteiger partial charge on any atom is 0.0875 e. The molecule has 1 saturated heterocycles. The van der Waals surface area contributed by atoms with Gasteiger partial charge >= 0.3 is 0 Å². The number of morpholine rings is 1. The van der Waals surface area contributed by atoms with Gasteiger partial charge in [-0.2, -0.15) is 0 Å². The number of halogens is 1. The molecule has 0 radical (unpaired) electrons. The van der Waals surface area contributed by atoms with Crippen molar-refractivity contribution in [3.8, 4) is 0 Å². The first-order valence-corrected chi connectivity index (χ1v) is 3.84. The minimum Gasteiger partial charge on any atom is -0.383 e. The minimum atomic E-state index is 0.579. The fourth-order valence-electron chi connectivity index (χ4n) is 0.740. The Morgan fingerprint density at radius 2 is 2.60 bits per heavy atom. The summed E-state index contributed by atoms with van der Waals surface area (Å²) in [5.74, 6) is 0. The predicted octanol–water partition coefficient (Wildman–Crippen LogP) is 0.862. The van der Waals surface area contributed by atoms with Crippen LogP contribution in [0.3, 0.4) is 0 Å². The maximum absolute atomic E-state index is 6.92. The zero-order chi connectivity index (χ0) is 7.40. The minimum absolute atomic E-state index is 0.579. The van der Waals surface area contributed by atoms with Gasteiger partial charge in [0.05, 0.1) is 23.4 Å². The third kappa shape index (κ3) is 1.82. The van der Waals surface area contributed by atoms with Gasteiger partial charge in [-0.1, -0.05) is 0 Å². The summed E-state index contributed by atoms with van der Waals surface area (Å²) in [5, 5.41) is 10.0. The van der Waals surface area contributed by atoms with Crippen LogP contribution in [0.1, 0.15) is 0 Å². The van der Waals surface area contributed by atoms with E-state index in [1.807, 2.05) is 0 Å². The van der Waals surface area contributed by atoms with E-state index in [0.29, 0.717) is 6.61 Å². The summed E-state index contributed by atoms with van der Waals surface area (Å²) in [4.78, 5) is 0. The maximum atomic E-state index is 6.92. The van der Waals surface area contributed by atoms with Crippen molar-refractivity contribution in [1.29, 1.82) is 5.41 Å². The van der Waals surface area contributed by atoms with Crippen LogP contribution >= 0.6 is 15.9 Å². The molecule has 0 aromatic carbocycles. The van der Waals surface area contributed by atoms with Crippen LogP contribution in [0.4, 0.5) is 0 Å². The summed E-state index contributed by atoms with van der Waals surface area (Å²) in [5.41, 5.74) is 0.959. The summed E-state index contributed by atoms with van der Waals surface area (Å²) in [6.45, 7) is 2.16. The largest absolute Gasteiger partial charge is 0.383 e. The van der Waals surface area contributed by atoms with Crippen molar-refractivity contribution < 1.29 is 4.74 Å². The normalized spacial score (nSPS) is 23.3. The second kappa shape index (κ2) is 3.73. The molecule has 0 atom stereocenters. The van der Waals surface area contributed by atoms with E-state index in [1.165, 1.54) is 6.21 Å². The predicted molar refractivity (Wildman–Crippen MR) is 43.6 cm³/mol. The van der Waals surface area contributed by atoms with Gasteiger partial charge < -0.3 is 15.5 Å². The van der Waals surface area contributed by atoms with Crippen molar-refractivity contribution in [3.63, 3.8) is 0 Å². The van der Waals surface area contributed by atoms with Crippen molar-refractivity contribution >= 4 is 22.1 Å². The third-order valence-corrected chi connectivity index (χ3v) is 1.95. The highest BCUT2D eigenvalue weighted by atomic mass is 79.9. The molecular weight excluding hydrogens is 196 g/mol. The summed E-state index contributed by atoms with van der Waals surface area (Å²) in [6.07, 6.45) is 1.26. The fraction of sp³-hybridized carbons (Fsp3) is 0.500. The van der Waals surface area contributed by atoms with Crippen LogP contribution in [0.25, 0.3) is 0 Å². The first-order chi connectivity index (χ1) is 4.84. The number of nitrogens with one attached hydrogen (secondary N) is 2. The summed E-state index contributed by atoms with van der Waals surface area (Å²) < 4.78 is 5.92. The van der Waals surface area contributed by atoms with E-state index in [1.54, 1.807) is 0 Å². The number of hydrogen-bond donors (Lipinski definition) is 2. The average Bonchev–Trinajstić information content (AvgIpc) is 2.05. The molecule has 10 heavy (non-hydrogen) atoms. The standard InChI is InChI=1S/C6H9BrN2O/c7-5(3-8)6-4-10-2-1-9-6/h3,8-9H,1-2,4H2/b6-5+,8-3?. The second-order valence-corrected chi connectivity index (χ2v) is 2.80. The van der Waals surface area contributed by atoms with Gasteiger partial charge in [-0.3, -0.25) is 0 Å². The van der Waals surface area contributed by atoms with E-state index in [9.17, 15) is 0 Å². The van der Waals surface area contributed by atoms with E-state index >= 15 is 0 Å². The Morgan fingerprint density at radius 3 is 3.10 bits per heavy atom. The summed E-state index contributed by atoms with van der Waals surface area (Å²) in [6, 6.07) is 0. The molecule has 0 aromatic heterocycles. The Hall–Kier alpha value is -0.350. The lowest BCUT2D eigenvalue weighted by molar-refractivity contribution is 0.132. The van der Waals surface area contributed by atoms with E-state index in [2.05, 4.69) is 21.2 Å². The number of hydrogen-bond acceptors (Lipinski definition) is 3. The van der Waals surface area contributed by atoms with E-state index < -0.39 is 0 Å². The Morgan fingerprint density at radius 1 is 1.80 bits per heavy atom. The van der Waals surface area contributed by atoms with Crippen LogP contribution in [0.15, 0.2) is 10.2 Å². The SMILES string of the molecule is N=C/C(Br)=C1/COCCN1. The van der Waals surface area contributed by atoms with Crippen molar-refractivity contribution in [1.82, 2.24) is 5.32 Å². The Kier molecular flexibility index (Phi) is 2.89. The zero-order valence-electron chi connectivity index (χ0n) is 5.48. The van der Waals surface area contributed by atoms with Gasteiger partial charge in [0.15, 0.2) is 0 Å². The van der Waals surface area contributed by atoms with Crippen LogP contribution in [-0.2, 0) is 4.74 Å². The van der Waals surface area contributed by atoms with Gasteiger partial charge in [0.25, 0.3) is 0 Å². The molecule has 0 aromatic rings. The average molecular weight is 205 g/mol. The quantitative estimate of drug-likeness (QED) is 0.623. The smallest absolute Gasteiger partial charge is 0.0875 e. The Balaban J connectivity index is 2.59. The third-order valence-electron chi connectivity index (χ3n) is 1.25. The van der Waals surface area contributed by atoms with Gasteiger partial charge in [0.1, 0.15) is 0 Å². The van der Waals surface area contributed by atoms with Crippen LogP contribution in [-0.4, -0.2) is 26.0 Å². The first-order valence-electron chi connectivity index (χ1n) is 3.05. The highest BCUT2D eigenvalue weighted by Gasteiger charge is 2.06. The van der Waals surface area contributed by atoms with Gasteiger partial charge in [-0.15, -0.1) is 0 Å². The van der Waals surface area contributed by atoms with E-state index in [0.717, 1.165) is 23.3 Å². The monoisotopic (exact) mass is 204 g/mol. The Bertz CT molecular complexity index is 159. The molecule has 56 valence electrons. The second-order valence-electron chi connectivity index (χ2n) is 1.95. The highest BCUT2D eigenvalue weighted by molar-refractivity contribution is 9.12. The molecule has 1 rings (SSSR count). The van der Waals surface area contributed by atoms with Gasteiger partial charge in [0, 0.05) is 12.8 Å². The van der Waals surface area contributed by atoms with Crippen LogP contribution < -0.4 is 5.32 Å². The summed E-state index contributed by atoms with van der Waals surface area (Å²) >= 11 is 3.23. The fourth-order valence-corrected chi connectivity index (χ4v) is 0.994. The molecule has 0 unspecified atom stereocenters. The molecule has 1 fully saturated rings. The lowest BCUT2D eigenvalue weighted by Gasteiger charge is -2.17. The van der Waals surface area contributed by atoms with Gasteiger partial charge in [-0.05, 0) is 15.9 Å². The van der Waals surface area contributed by atoms with Gasteiger partial charge in [-0.25, -0.2) is 0 Å². The molecule has 3 nitrogen and oxygen atoms in total. The lowest BCUT2D eigenvalue weighted by Crippen LogP contribution is -2.29. The number of rotatable bonds is 1. The molecule has 0 aliphatic carbocycles. The highest BCUT2D eigenvalue weighted by Crippen LogP contribution is 2.08. The Labute approximate surface area is 68.1 Å². The molecule has 4 heteroatoms. The number of allylic oxidation sites excluding steroid dienone is 1. The zero-order valence-corrected chi connectivity index (χ0v) is 7.07. The first kappa shape index (κ1) is 7.75. The molecule has 1 heterocycles. The number of ether oxygens (including phenoxy) is 1. The van der Waals surface area contributed by atoms with Gasteiger partial charge in [0.2, 0.25) is 0 Å². The molecule has 0 saturated carbocycles. The lowest BCUT2D eigenvalue weighted by atomic mass is 10.4. The van der Waals surface area contributed by atoms with Crippen LogP contribution in [0.2, 0.25) is 0 Å². The molecule has 0 amide bonds. The molecule has 2 N–H and O–H groups in total. The van der Waals surface area contributed by atoms with Crippen molar-refractivity contribution in [2.24, 2.45) is 0 Å². The molecular formula is C6H9BrN2O. The molecule has 0 spiro atoms. The van der Waals surface area contributed by atoms with Crippen molar-refractivity contribution in [2.75, 3.05) is 19.8 Å².